The first kappa shape index (κ1) is 116. The zero-order valence-corrected chi connectivity index (χ0v) is 95.1. The number of rotatable bonds is 18. The summed E-state index contributed by atoms with van der Waals surface area (Å²) in [6, 6.07) is 37.0. The van der Waals surface area contributed by atoms with Gasteiger partial charge in [0.15, 0.2) is 0 Å². The van der Waals surface area contributed by atoms with Crippen molar-refractivity contribution < 1.29 is 149 Å². The summed E-state index contributed by atoms with van der Waals surface area (Å²) in [5.41, 5.74) is 21.6. The predicted octanol–water partition coefficient (Wildman–Crippen LogP) is 4.05. The molecule has 20 rings (SSSR count). The molecule has 5 aliphatic heterocycles. The molecule has 5 aliphatic carbocycles. The number of quaternary nitrogens is 3. The quantitative estimate of drug-likeness (QED) is 0.0110. The summed E-state index contributed by atoms with van der Waals surface area (Å²) < 4.78 is 101. The van der Waals surface area contributed by atoms with Crippen LogP contribution in [0.3, 0.4) is 0 Å². The summed E-state index contributed by atoms with van der Waals surface area (Å²) in [5, 5.41) is 26.6. The molecule has 23 nitrogen and oxygen atoms in total. The number of aliphatic hydroxyl groups excluding tert-OH is 2. The monoisotopic (exact) mass is 2330 g/mol. The van der Waals surface area contributed by atoms with E-state index in [1.807, 2.05) is 28.4 Å². The fraction of sp³-hybridized carbons (Fsp3) is 0.592. The van der Waals surface area contributed by atoms with E-state index in [0.29, 0.717) is 86.1 Å². The Labute approximate surface area is 881 Å². The number of alkyl halides is 1. The van der Waals surface area contributed by atoms with E-state index >= 15 is 0 Å². The topological polar surface area (TPSA) is 328 Å². The first-order chi connectivity index (χ1) is 62.1. The molecule has 10 aliphatic rings. The van der Waals surface area contributed by atoms with Crippen molar-refractivity contribution in [2.24, 2.45) is 29.6 Å². The van der Waals surface area contributed by atoms with Crippen LogP contribution in [-0.2, 0) is 88.3 Å². The van der Waals surface area contributed by atoms with Crippen LogP contribution in [0.2, 0.25) is 0 Å². The normalized spacial score (nSPS) is 26.0. The fourth-order valence-electron chi connectivity index (χ4n) is 23.8. The fourth-order valence-corrected chi connectivity index (χ4v) is 25.6. The number of fused-ring (bicyclic) bond motifs is 10. The third-order valence-corrected chi connectivity index (χ3v) is 31.4. The summed E-state index contributed by atoms with van der Waals surface area (Å²) >= 11 is 10.5. The van der Waals surface area contributed by atoms with E-state index in [-0.39, 0.29) is 83.4 Å². The van der Waals surface area contributed by atoms with E-state index in [1.54, 1.807) is 38.1 Å². The molecule has 133 heavy (non-hydrogen) atoms. The minimum atomic E-state index is -3.92. The van der Waals surface area contributed by atoms with Crippen LogP contribution in [0.25, 0.3) is 54.5 Å². The van der Waals surface area contributed by atoms with Gasteiger partial charge in [0, 0.05) is 207 Å². The van der Waals surface area contributed by atoms with Crippen LogP contribution in [0.1, 0.15) is 184 Å². The van der Waals surface area contributed by atoms with Gasteiger partial charge in [0.1, 0.15) is 0 Å². The molecule has 5 aromatic carbocycles. The second kappa shape index (κ2) is 53.9. The van der Waals surface area contributed by atoms with Crippen LogP contribution in [-0.4, -0.2) is 263 Å². The minimum Gasteiger partial charge on any atom is -1.00 e. The number of nitrogens with zero attached hydrogens (tertiary/aromatic N) is 2. The molecule has 736 valence electrons. The Hall–Kier alpha value is -2.27. The summed E-state index contributed by atoms with van der Waals surface area (Å²) in [5.74, 6) is 8.68. The van der Waals surface area contributed by atoms with Gasteiger partial charge >= 0.3 is 29.6 Å². The maximum Gasteiger partial charge on any atom is 1.00 e. The Bertz CT molecular complexity index is 5580. The Balaban J connectivity index is 0.000000193. The molecule has 0 saturated carbocycles. The molecule has 0 spiro atoms. The van der Waals surface area contributed by atoms with E-state index < -0.39 is 39.4 Å². The molecular formula is C98H145ClI3N10NaO13S7. The van der Waals surface area contributed by atoms with Crippen molar-refractivity contribution in [3.63, 3.8) is 0 Å². The second-order valence-corrected chi connectivity index (χ2v) is 48.2. The molecule has 18 atom stereocenters. The molecule has 5 saturated heterocycles. The number of likely N-dealkylation sites (tertiary alicyclic amines) is 5. The Morgan fingerprint density at radius 1 is 0.474 bits per heavy atom. The van der Waals surface area contributed by atoms with Crippen LogP contribution in [0.15, 0.2) is 122 Å². The van der Waals surface area contributed by atoms with Gasteiger partial charge in [-0.05, 0) is 211 Å². The van der Waals surface area contributed by atoms with Gasteiger partial charge in [-0.25, -0.2) is 16.8 Å². The molecule has 0 radical (unpaired) electrons. The number of thioether (sulfide) groups is 2. The molecule has 35 heteroatoms. The van der Waals surface area contributed by atoms with Crippen molar-refractivity contribution in [2.45, 2.75) is 191 Å². The zero-order valence-electron chi connectivity index (χ0n) is 80.1. The van der Waals surface area contributed by atoms with E-state index in [2.05, 4.69) is 257 Å². The van der Waals surface area contributed by atoms with Crippen LogP contribution in [0, 0.1) is 29.6 Å². The van der Waals surface area contributed by atoms with Gasteiger partial charge in [0.25, 0.3) is 20.2 Å². The number of nitrogens with one attached hydrogen (secondary N) is 8. The Morgan fingerprint density at radius 2 is 0.767 bits per heavy atom. The molecule has 0 amide bonds. The number of hydrogen-bond donors (Lipinski definition) is 11. The van der Waals surface area contributed by atoms with Crippen LogP contribution in [0.4, 0.5) is 0 Å². The van der Waals surface area contributed by atoms with Gasteiger partial charge in [-0.1, -0.05) is 118 Å². The summed E-state index contributed by atoms with van der Waals surface area (Å²) in [6.07, 6.45) is 38.8. The standard InChI is InChI=1S/C19H26N2O3S.2C19H26N2S.C18H24N2O.C16H20N2O.C3H7I.CH3ClO2S.2CH4O3S.CH4S.2HI.Na/c1-3-7-21-11-13(12-24-25(2,22)23)8-16-15-5-4-6-17-19(15)14(10-20-17)9-18(16)21;2*1-3-7-21-11-13(12-22-2)8-16-15-5-4-6-17-19(15)14(10-20-17)9-18(16)21;1-2-6-20-10-12(11-21)7-15-14-4-3-5-16-18(14)13(9-19-16)8-17(15)20;1-18-8-10(9-19)5-13-12-3-2-4-14-16(12)11(7-17-14)6-15(13)18;1-2-3-4;3*1-5(2,3)4;1-2;;;/h4-6,10,13,16,18,20H,3,7-9,11-12H2,1-2H3;2*4-6,10,13,16,18,20H,3,7-9,11-12H2,1-2H3;3-5,9,12,15,17,19,21H,2,6-8,10-11H2,1H3;2-4,7,10,13,15,17,19H,5-6,8-9H2,1H3;2-3H2,1H3;1H3;2*1H3,(H,2,3,4);2H,1H3;2*1H;/q;;;;;;;;;;;;+1/p-1/t3*13-,16-,18-;12-,15-,17-;10-,13-,15-;;;;;;;;/m11111......../s1. The minimum absolute atomic E-state index is 0. The first-order valence-corrected chi connectivity index (χ1v) is 60.1. The van der Waals surface area contributed by atoms with Gasteiger partial charge in [-0.3, -0.25) is 13.6 Å². The Kier molecular flexibility index (Phi) is 47.0. The largest absolute Gasteiger partial charge is 1.00 e. The van der Waals surface area contributed by atoms with Gasteiger partial charge in [0.05, 0.1) is 99.5 Å². The average molecular weight is 2330 g/mol. The maximum atomic E-state index is 11.4. The molecule has 0 bridgehead atoms. The zero-order chi connectivity index (χ0) is 94.1. The predicted molar refractivity (Wildman–Crippen MR) is 549 cm³/mol. The summed E-state index contributed by atoms with van der Waals surface area (Å²) in [6.45, 7) is 23.1. The number of aromatic amines is 5. The first-order valence-electron chi connectivity index (χ1n) is 46.8. The number of piperidine rings is 5. The number of hydrogen-bond acceptors (Lipinski definition) is 17. The van der Waals surface area contributed by atoms with Crippen LogP contribution >= 0.6 is 56.8 Å². The molecule has 10 heterocycles. The SMILES string of the molecule is CCCI.CCCN1C[C@H](CSC)C[C@@H]2c3cccc4[nH]cc(c34)C[C@H]21.CCC[NH+]1C[C@H](CO)C[C@@H]2c3cccc4[nH]cc(c34)C[C@H]21.CCC[NH+]1C[C@H](COS(C)(=O)=O)C[C@@H]2c3cccc4[nH]cc(c34)C[C@H]21.CCC[NH+]1C[C@H](CSC)C[C@@H]2c3cccc4[nH]cc(c34)C[C@H]21.CN1C[C@H](CO)C[C@@H]2c3cccc4[nH]cc(c34)C[C@H]21.CS(=O)(=O)Cl.CS(=O)(=O)O.CS(=O)(=O)[O-].C[S-].[I-].[I-].[Na+]. The molecule has 3 unspecified atom stereocenters. The van der Waals surface area contributed by atoms with Gasteiger partial charge in [0.2, 0.25) is 9.05 Å². The molecule has 11 N–H and O–H groups in total. The van der Waals surface area contributed by atoms with E-state index in [4.69, 9.17) is 21.7 Å². The number of benzene rings is 5. The number of H-pyrrole nitrogens is 5. The van der Waals surface area contributed by atoms with E-state index in [1.165, 1.54) is 195 Å². The molecular weight excluding hydrogens is 2190 g/mol. The smallest absolute Gasteiger partial charge is 1.00 e. The maximum absolute atomic E-state index is 11.4. The number of aliphatic hydroxyl groups is 2. The summed E-state index contributed by atoms with van der Waals surface area (Å²) in [7, 11) is -7.45. The molecule has 5 fully saturated rings. The van der Waals surface area contributed by atoms with E-state index in [9.17, 15) is 35.5 Å². The summed E-state index contributed by atoms with van der Waals surface area (Å²) in [4.78, 5) is 27.7. The van der Waals surface area contributed by atoms with Crippen molar-refractivity contribution in [1.82, 2.24) is 34.7 Å². The number of likely N-dealkylation sites (N-methyl/N-ethyl adjacent to an activating group) is 1. The van der Waals surface area contributed by atoms with E-state index in [0.717, 1.165) is 107 Å². The van der Waals surface area contributed by atoms with Crippen molar-refractivity contribution in [2.75, 3.05) is 145 Å². The third kappa shape index (κ3) is 30.9. The van der Waals surface area contributed by atoms with Gasteiger partial charge < -0.3 is 120 Å². The van der Waals surface area contributed by atoms with Crippen LogP contribution < -0.4 is 92.2 Å². The van der Waals surface area contributed by atoms with Crippen molar-refractivity contribution in [1.29, 1.82) is 0 Å². The average Bonchev–Trinajstić information content (AvgIpc) is 1.67. The second-order valence-electron chi connectivity index (χ2n) is 37.8. The third-order valence-electron chi connectivity index (χ3n) is 28.1. The Morgan fingerprint density at radius 3 is 1.10 bits per heavy atom. The van der Waals surface area contributed by atoms with Gasteiger partial charge in [-0.15, -0.1) is 0 Å². The molecule has 5 aromatic heterocycles. The van der Waals surface area contributed by atoms with Crippen molar-refractivity contribution in [3.05, 3.63) is 178 Å². The van der Waals surface area contributed by atoms with Crippen LogP contribution in [0.5, 0.6) is 0 Å². The number of halogens is 4. The van der Waals surface area contributed by atoms with Crippen molar-refractivity contribution >= 4 is 163 Å². The van der Waals surface area contributed by atoms with Gasteiger partial charge in [-0.2, -0.15) is 46.6 Å². The van der Waals surface area contributed by atoms with Crippen molar-refractivity contribution in [3.8, 4) is 0 Å². The number of aromatic nitrogens is 5. The molecule has 10 aromatic rings.